The van der Waals surface area contributed by atoms with Crippen molar-refractivity contribution in [1.82, 2.24) is 5.32 Å². The second kappa shape index (κ2) is 7.47. The molecule has 15 heavy (non-hydrogen) atoms. The zero-order valence-corrected chi connectivity index (χ0v) is 9.63. The first kappa shape index (κ1) is 9.41. The van der Waals surface area contributed by atoms with Crippen molar-refractivity contribution in [3.8, 4) is 0 Å². The van der Waals surface area contributed by atoms with Gasteiger partial charge >= 0.3 is 0 Å². The summed E-state index contributed by atoms with van der Waals surface area (Å²) in [5.74, 6) is 0.452. The number of benzene rings is 1. The summed E-state index contributed by atoms with van der Waals surface area (Å²) in [4.78, 5) is 0. The van der Waals surface area contributed by atoms with Crippen LogP contribution in [0.2, 0.25) is 0 Å². The Morgan fingerprint density at radius 3 is 3.13 bits per heavy atom. The number of hydrogen-bond donors (Lipinski definition) is 1. The van der Waals surface area contributed by atoms with Gasteiger partial charge in [0.05, 0.1) is 1.37 Å². The van der Waals surface area contributed by atoms with Gasteiger partial charge in [0.2, 0.25) is 0 Å². The van der Waals surface area contributed by atoms with Crippen molar-refractivity contribution in [2.24, 2.45) is 5.92 Å². The molecule has 1 rings (SSSR count). The third-order valence-electron chi connectivity index (χ3n) is 2.49. The Hall–Kier alpha value is -0.820. The fraction of sp³-hybridized carbons (Fsp3) is 0.571. The molecule has 0 fully saturated rings. The number of unbranched alkanes of at least 4 members (excludes halogenated alkanes) is 1. The largest absolute Gasteiger partial charge is 0.312 e. The highest BCUT2D eigenvalue weighted by Crippen LogP contribution is 2.06. The van der Waals surface area contributed by atoms with Crippen LogP contribution in [-0.4, -0.2) is 6.54 Å². The SMILES string of the molecule is [2H]CC(CCCC)CNCc1ccccc1[2H]. The number of nitrogens with one attached hydrogen (secondary N) is 1. The van der Waals surface area contributed by atoms with Crippen molar-refractivity contribution in [1.29, 1.82) is 0 Å². The van der Waals surface area contributed by atoms with E-state index in [1.165, 1.54) is 12.8 Å². The third-order valence-corrected chi connectivity index (χ3v) is 2.49. The van der Waals surface area contributed by atoms with Gasteiger partial charge in [0.25, 0.3) is 0 Å². The van der Waals surface area contributed by atoms with E-state index in [4.69, 9.17) is 2.74 Å². The molecular formula is C14H23N. The highest BCUT2D eigenvalue weighted by molar-refractivity contribution is 5.14. The zero-order chi connectivity index (χ0) is 12.5. The Bertz CT molecular complexity index is 315. The van der Waals surface area contributed by atoms with E-state index in [0.717, 1.165) is 25.1 Å². The lowest BCUT2D eigenvalue weighted by atomic mass is 10.0. The van der Waals surface area contributed by atoms with Crippen LogP contribution in [0.3, 0.4) is 0 Å². The van der Waals surface area contributed by atoms with Crippen LogP contribution in [-0.2, 0) is 6.54 Å². The molecule has 0 aromatic heterocycles. The van der Waals surface area contributed by atoms with Gasteiger partial charge < -0.3 is 5.32 Å². The van der Waals surface area contributed by atoms with E-state index in [2.05, 4.69) is 12.2 Å². The van der Waals surface area contributed by atoms with Crippen LogP contribution >= 0.6 is 0 Å². The zero-order valence-electron chi connectivity index (χ0n) is 11.6. The van der Waals surface area contributed by atoms with Crippen molar-refractivity contribution < 1.29 is 2.74 Å². The van der Waals surface area contributed by atoms with Gasteiger partial charge in [-0.2, -0.15) is 0 Å². The molecule has 0 heterocycles. The second-order valence-electron chi connectivity index (χ2n) is 4.03. The Balaban J connectivity index is 2.28. The molecule has 0 spiro atoms. The quantitative estimate of drug-likeness (QED) is 0.720. The molecule has 1 unspecified atom stereocenters. The molecule has 0 radical (unpaired) electrons. The fourth-order valence-electron chi connectivity index (χ4n) is 1.55. The predicted octanol–water partition coefficient (Wildman–Crippen LogP) is 3.60. The summed E-state index contributed by atoms with van der Waals surface area (Å²) in [6.07, 6.45) is 3.54. The summed E-state index contributed by atoms with van der Waals surface area (Å²) < 4.78 is 15.2. The lowest BCUT2D eigenvalue weighted by Gasteiger charge is -2.11. The summed E-state index contributed by atoms with van der Waals surface area (Å²) >= 11 is 0. The molecule has 0 bridgehead atoms. The van der Waals surface area contributed by atoms with E-state index in [9.17, 15) is 0 Å². The minimum Gasteiger partial charge on any atom is -0.312 e. The molecular weight excluding hydrogens is 182 g/mol. The van der Waals surface area contributed by atoms with Crippen molar-refractivity contribution in [2.45, 2.75) is 39.6 Å². The molecule has 0 aliphatic heterocycles. The maximum Gasteiger partial charge on any atom is 0.0626 e. The van der Waals surface area contributed by atoms with E-state index in [1.54, 1.807) is 0 Å². The molecule has 0 amide bonds. The van der Waals surface area contributed by atoms with Crippen molar-refractivity contribution in [3.05, 3.63) is 35.9 Å². The van der Waals surface area contributed by atoms with Crippen molar-refractivity contribution in [2.75, 3.05) is 6.54 Å². The van der Waals surface area contributed by atoms with Gasteiger partial charge in [-0.05, 0) is 24.4 Å². The summed E-state index contributed by atoms with van der Waals surface area (Å²) in [5.41, 5.74) is 1.03. The predicted molar refractivity (Wildman–Crippen MR) is 66.8 cm³/mol. The van der Waals surface area contributed by atoms with Gasteiger partial charge in [0, 0.05) is 7.92 Å². The summed E-state index contributed by atoms with van der Waals surface area (Å²) in [6, 6.07) is 8.25. The van der Waals surface area contributed by atoms with Gasteiger partial charge in [0.1, 0.15) is 0 Å². The van der Waals surface area contributed by atoms with Gasteiger partial charge in [-0.25, -0.2) is 0 Å². The minimum absolute atomic E-state index is 0.452. The van der Waals surface area contributed by atoms with Crippen LogP contribution in [0.1, 0.15) is 41.4 Å². The monoisotopic (exact) mass is 207 g/mol. The van der Waals surface area contributed by atoms with Crippen LogP contribution in [0.5, 0.6) is 0 Å². The minimum atomic E-state index is 0.452. The Labute approximate surface area is 96.7 Å². The van der Waals surface area contributed by atoms with E-state index < -0.39 is 0 Å². The molecule has 1 atom stereocenters. The van der Waals surface area contributed by atoms with Crippen LogP contribution < -0.4 is 5.32 Å². The Morgan fingerprint density at radius 2 is 2.40 bits per heavy atom. The van der Waals surface area contributed by atoms with E-state index in [0.29, 0.717) is 18.9 Å². The lowest BCUT2D eigenvalue weighted by molar-refractivity contribution is 0.464. The van der Waals surface area contributed by atoms with Crippen LogP contribution in [0.15, 0.2) is 30.3 Å². The first-order valence-electron chi connectivity index (χ1n) is 7.03. The van der Waals surface area contributed by atoms with E-state index in [-0.39, 0.29) is 0 Å². The van der Waals surface area contributed by atoms with Crippen molar-refractivity contribution in [3.63, 3.8) is 0 Å². The molecule has 1 nitrogen and oxygen atoms in total. The lowest BCUT2D eigenvalue weighted by Crippen LogP contribution is -2.20. The topological polar surface area (TPSA) is 12.0 Å². The second-order valence-corrected chi connectivity index (χ2v) is 4.03. The maximum absolute atomic E-state index is 7.74. The molecule has 1 aromatic carbocycles. The molecule has 1 N–H and O–H groups in total. The average Bonchev–Trinajstić information content (AvgIpc) is 2.35. The Kier molecular flexibility index (Phi) is 4.69. The smallest absolute Gasteiger partial charge is 0.0626 e. The molecule has 0 aliphatic carbocycles. The summed E-state index contributed by atoms with van der Waals surface area (Å²) in [7, 11) is 0. The first-order valence-corrected chi connectivity index (χ1v) is 5.82. The highest BCUT2D eigenvalue weighted by Gasteiger charge is 2.00. The van der Waals surface area contributed by atoms with Gasteiger partial charge in [-0.1, -0.05) is 57.0 Å². The molecule has 1 aromatic rings. The van der Waals surface area contributed by atoms with Crippen molar-refractivity contribution >= 4 is 0 Å². The van der Waals surface area contributed by atoms with Gasteiger partial charge in [0.15, 0.2) is 0 Å². The van der Waals surface area contributed by atoms with Crippen LogP contribution in [0.4, 0.5) is 0 Å². The van der Waals surface area contributed by atoms with Crippen LogP contribution in [0, 0.1) is 5.92 Å². The number of hydrogen-bond acceptors (Lipinski definition) is 1. The summed E-state index contributed by atoms with van der Waals surface area (Å²) in [6.45, 7) is 4.31. The molecule has 0 saturated heterocycles. The normalized spacial score (nSPS) is 14.5. The average molecular weight is 207 g/mol. The molecule has 1 heteroatoms. The number of rotatable bonds is 7. The fourth-order valence-corrected chi connectivity index (χ4v) is 1.55. The van der Waals surface area contributed by atoms with Gasteiger partial charge in [-0.3, -0.25) is 0 Å². The van der Waals surface area contributed by atoms with Crippen LogP contribution in [0.25, 0.3) is 0 Å². The standard InChI is InChI=1S/C14H23N/c1-3-4-8-13(2)11-15-12-14-9-6-5-7-10-14/h5-7,9-10,13,15H,3-4,8,11-12H2,1-2H3/i2D,9D. The highest BCUT2D eigenvalue weighted by atomic mass is 14.8. The van der Waals surface area contributed by atoms with E-state index >= 15 is 0 Å². The van der Waals surface area contributed by atoms with Gasteiger partial charge in [-0.15, -0.1) is 0 Å². The Morgan fingerprint density at radius 1 is 1.47 bits per heavy atom. The molecule has 0 aliphatic rings. The third kappa shape index (κ3) is 5.58. The van der Waals surface area contributed by atoms with E-state index in [1.807, 2.05) is 24.3 Å². The first-order chi connectivity index (χ1) is 8.27. The maximum atomic E-state index is 7.74. The molecule has 84 valence electrons. The molecule has 0 saturated carbocycles. The summed E-state index contributed by atoms with van der Waals surface area (Å²) in [5, 5.41) is 3.36.